The van der Waals surface area contributed by atoms with Gasteiger partial charge in [0.2, 0.25) is 0 Å². The Bertz CT molecular complexity index is 1520. The lowest BCUT2D eigenvalue weighted by Crippen LogP contribution is -2.22. The lowest BCUT2D eigenvalue weighted by Gasteiger charge is -2.13. The maximum Gasteiger partial charge on any atom is 0.274 e. The highest BCUT2D eigenvalue weighted by Crippen LogP contribution is 2.26. The van der Waals surface area contributed by atoms with Crippen molar-refractivity contribution >= 4 is 45.0 Å². The van der Waals surface area contributed by atoms with Crippen LogP contribution in [0.2, 0.25) is 5.02 Å². The van der Waals surface area contributed by atoms with E-state index in [0.717, 1.165) is 44.2 Å². The molecule has 5 aromatic rings. The van der Waals surface area contributed by atoms with Crippen LogP contribution in [0.5, 0.6) is 0 Å². The van der Waals surface area contributed by atoms with Gasteiger partial charge in [0.1, 0.15) is 0 Å². The molecule has 4 nitrogen and oxygen atoms in total. The van der Waals surface area contributed by atoms with E-state index in [2.05, 4.69) is 36.4 Å². The maximum absolute atomic E-state index is 13.1. The number of aromatic nitrogens is 3. The summed E-state index contributed by atoms with van der Waals surface area (Å²) in [4.78, 5) is 18.4. The van der Waals surface area contributed by atoms with Crippen molar-refractivity contribution in [3.63, 3.8) is 0 Å². The molecule has 0 aliphatic carbocycles. The first-order valence-corrected chi connectivity index (χ1v) is 10.5. The Morgan fingerprint density at radius 1 is 1.07 bits per heavy atom. The first-order chi connectivity index (χ1) is 13.9. The second kappa shape index (κ2) is 6.58. The highest BCUT2D eigenvalue weighted by molar-refractivity contribution is 7.15. The van der Waals surface area contributed by atoms with E-state index in [1.165, 1.54) is 11.3 Å². The molecule has 0 spiro atoms. The number of imidazole rings is 1. The number of para-hydroxylation sites is 2. The Morgan fingerprint density at radius 3 is 2.69 bits per heavy atom. The summed E-state index contributed by atoms with van der Waals surface area (Å²) in [7, 11) is 0. The van der Waals surface area contributed by atoms with E-state index in [1.807, 2.05) is 48.5 Å². The monoisotopic (exact) mass is 419 g/mol. The zero-order valence-corrected chi connectivity index (χ0v) is 17.8. The highest BCUT2D eigenvalue weighted by Gasteiger charge is 2.14. The van der Waals surface area contributed by atoms with Crippen molar-refractivity contribution in [3.8, 4) is 5.69 Å². The van der Waals surface area contributed by atoms with E-state index in [4.69, 9.17) is 11.6 Å². The lowest BCUT2D eigenvalue weighted by atomic mass is 10.2. The van der Waals surface area contributed by atoms with Crippen LogP contribution in [0.4, 0.5) is 0 Å². The summed E-state index contributed by atoms with van der Waals surface area (Å²) in [5, 5.41) is 0.705. The minimum atomic E-state index is -0.0255. The normalized spacial score (nSPS) is 12.5. The van der Waals surface area contributed by atoms with Crippen LogP contribution < -0.4 is 10.1 Å². The quantitative estimate of drug-likeness (QED) is 0.411. The van der Waals surface area contributed by atoms with Crippen LogP contribution in [0.1, 0.15) is 22.5 Å². The predicted octanol–water partition coefficient (Wildman–Crippen LogP) is 4.83. The smallest absolute Gasteiger partial charge is 0.274 e. The van der Waals surface area contributed by atoms with Crippen LogP contribution in [0.3, 0.4) is 0 Å². The second-order valence-corrected chi connectivity index (χ2v) is 8.67. The van der Waals surface area contributed by atoms with Crippen molar-refractivity contribution in [2.45, 2.75) is 20.8 Å². The lowest BCUT2D eigenvalue weighted by molar-refractivity contribution is 0.954. The van der Waals surface area contributed by atoms with E-state index in [0.29, 0.717) is 9.55 Å². The van der Waals surface area contributed by atoms with Crippen molar-refractivity contribution in [1.82, 2.24) is 14.0 Å². The van der Waals surface area contributed by atoms with Crippen molar-refractivity contribution in [2.24, 2.45) is 0 Å². The third-order valence-corrected chi connectivity index (χ3v) is 6.52. The Kier molecular flexibility index (Phi) is 4.12. The molecule has 0 amide bonds. The molecule has 3 heterocycles. The third-order valence-electron chi connectivity index (χ3n) is 5.31. The molecule has 3 aromatic heterocycles. The number of nitrogens with zero attached hydrogens (tertiary/aromatic N) is 3. The number of benzene rings is 2. The molecular formula is C23H18ClN3OS. The van der Waals surface area contributed by atoms with Crippen LogP contribution in [-0.4, -0.2) is 14.0 Å². The SMILES string of the molecule is Cc1ccc(Cl)cc1-n1c(C)cc(/C=c2\sc3nc4ccccc4n3c2=O)c1C. The molecule has 144 valence electrons. The molecule has 0 unspecified atom stereocenters. The average Bonchev–Trinajstić information content (AvgIpc) is 3.29. The van der Waals surface area contributed by atoms with Crippen LogP contribution >= 0.6 is 22.9 Å². The summed E-state index contributed by atoms with van der Waals surface area (Å²) in [6.45, 7) is 6.21. The molecule has 5 rings (SSSR count). The van der Waals surface area contributed by atoms with Gasteiger partial charge in [0, 0.05) is 22.1 Å². The van der Waals surface area contributed by atoms with Gasteiger partial charge < -0.3 is 4.57 Å². The van der Waals surface area contributed by atoms with Gasteiger partial charge in [-0.3, -0.25) is 4.79 Å². The Hall–Kier alpha value is -2.89. The van der Waals surface area contributed by atoms with Gasteiger partial charge in [-0.15, -0.1) is 0 Å². The number of thiazole rings is 1. The molecule has 0 fully saturated rings. The Labute approximate surface area is 176 Å². The molecule has 6 heteroatoms. The number of aryl methyl sites for hydroxylation is 2. The minimum absolute atomic E-state index is 0.0255. The summed E-state index contributed by atoms with van der Waals surface area (Å²) in [5.74, 6) is 0. The Balaban J connectivity index is 1.72. The average molecular weight is 420 g/mol. The molecule has 0 N–H and O–H groups in total. The molecule has 0 radical (unpaired) electrons. The second-order valence-electron chi connectivity index (χ2n) is 7.23. The van der Waals surface area contributed by atoms with Crippen molar-refractivity contribution in [2.75, 3.05) is 0 Å². The fourth-order valence-corrected chi connectivity index (χ4v) is 5.03. The van der Waals surface area contributed by atoms with Gasteiger partial charge in [-0.1, -0.05) is 41.1 Å². The molecular weight excluding hydrogens is 402 g/mol. The zero-order chi connectivity index (χ0) is 20.3. The first kappa shape index (κ1) is 18.2. The van der Waals surface area contributed by atoms with E-state index >= 15 is 0 Å². The van der Waals surface area contributed by atoms with Gasteiger partial charge in [-0.05, 0) is 68.3 Å². The summed E-state index contributed by atoms with van der Waals surface area (Å²) in [6.07, 6.45) is 1.97. The number of rotatable bonds is 2. The van der Waals surface area contributed by atoms with E-state index in [9.17, 15) is 4.79 Å². The summed E-state index contributed by atoms with van der Waals surface area (Å²) in [6, 6.07) is 15.7. The predicted molar refractivity (Wildman–Crippen MR) is 121 cm³/mol. The molecule has 0 aliphatic heterocycles. The molecule has 29 heavy (non-hydrogen) atoms. The molecule has 2 aromatic carbocycles. The van der Waals surface area contributed by atoms with Crippen LogP contribution in [0.25, 0.3) is 27.8 Å². The van der Waals surface area contributed by atoms with E-state index in [1.54, 1.807) is 4.40 Å². The molecule has 0 bridgehead atoms. The van der Waals surface area contributed by atoms with Gasteiger partial charge in [0.15, 0.2) is 4.96 Å². The fourth-order valence-electron chi connectivity index (χ4n) is 3.88. The van der Waals surface area contributed by atoms with E-state index < -0.39 is 0 Å². The molecule has 0 aliphatic rings. The van der Waals surface area contributed by atoms with Crippen LogP contribution in [-0.2, 0) is 0 Å². The third kappa shape index (κ3) is 2.81. The topological polar surface area (TPSA) is 39.3 Å². The van der Waals surface area contributed by atoms with Gasteiger partial charge in [-0.2, -0.15) is 0 Å². The summed E-state index contributed by atoms with van der Waals surface area (Å²) < 4.78 is 4.57. The van der Waals surface area contributed by atoms with Crippen molar-refractivity contribution < 1.29 is 0 Å². The number of hydrogen-bond acceptors (Lipinski definition) is 3. The largest absolute Gasteiger partial charge is 0.318 e. The van der Waals surface area contributed by atoms with Gasteiger partial charge in [0.05, 0.1) is 15.6 Å². The summed E-state index contributed by atoms with van der Waals surface area (Å²) in [5.41, 5.74) is 7.06. The van der Waals surface area contributed by atoms with Crippen molar-refractivity contribution in [1.29, 1.82) is 0 Å². The first-order valence-electron chi connectivity index (χ1n) is 9.31. The van der Waals surface area contributed by atoms with Gasteiger partial charge >= 0.3 is 0 Å². The standard InChI is InChI=1S/C23H18ClN3OS/c1-13-8-9-17(24)12-20(13)26-14(2)10-16(15(26)3)11-21-22(28)27-19-7-5-4-6-18(19)25-23(27)29-21/h4-12H,1-3H3/b21-11-. The number of halogens is 1. The summed E-state index contributed by atoms with van der Waals surface area (Å²) >= 11 is 7.66. The number of hydrogen-bond donors (Lipinski definition) is 0. The fraction of sp³-hybridized carbons (Fsp3) is 0.130. The zero-order valence-electron chi connectivity index (χ0n) is 16.2. The van der Waals surface area contributed by atoms with Crippen LogP contribution in [0.15, 0.2) is 53.3 Å². The van der Waals surface area contributed by atoms with Crippen LogP contribution in [0, 0.1) is 20.8 Å². The number of fused-ring (bicyclic) bond motifs is 3. The molecule has 0 saturated heterocycles. The molecule has 0 atom stereocenters. The minimum Gasteiger partial charge on any atom is -0.318 e. The van der Waals surface area contributed by atoms with Gasteiger partial charge in [-0.25, -0.2) is 9.38 Å². The van der Waals surface area contributed by atoms with Gasteiger partial charge in [0.25, 0.3) is 5.56 Å². The maximum atomic E-state index is 13.1. The molecule has 0 saturated carbocycles. The van der Waals surface area contributed by atoms with E-state index in [-0.39, 0.29) is 5.56 Å². The van der Waals surface area contributed by atoms with Crippen molar-refractivity contribution in [3.05, 3.63) is 91.0 Å². The Morgan fingerprint density at radius 2 is 1.86 bits per heavy atom. The highest BCUT2D eigenvalue weighted by atomic mass is 35.5.